The van der Waals surface area contributed by atoms with Crippen molar-refractivity contribution in [1.82, 2.24) is 10.2 Å². The first-order valence-electron chi connectivity index (χ1n) is 7.03. The largest absolute Gasteiger partial charge is 0.336 e. The second kappa shape index (κ2) is 8.12. The maximum atomic E-state index is 11.9. The Bertz CT molecular complexity index is 447. The molecule has 0 saturated carbocycles. The molecule has 0 aliphatic rings. The first-order valence-corrected chi connectivity index (χ1v) is 7.41. The zero-order valence-electron chi connectivity index (χ0n) is 12.7. The lowest BCUT2D eigenvalue weighted by atomic mass is 10.2. The summed E-state index contributed by atoms with van der Waals surface area (Å²) in [6.07, 6.45) is 0. The van der Waals surface area contributed by atoms with Crippen molar-refractivity contribution in [2.75, 3.05) is 25.0 Å². The van der Waals surface area contributed by atoms with Crippen molar-refractivity contribution in [3.05, 3.63) is 28.8 Å². The number of rotatable bonds is 6. The molecule has 1 rings (SSSR count). The molecule has 0 aliphatic heterocycles. The second-order valence-electron chi connectivity index (χ2n) is 4.82. The van der Waals surface area contributed by atoms with Gasteiger partial charge in [0.15, 0.2) is 0 Å². The fraction of sp³-hybridized carbons (Fsp3) is 0.533. The summed E-state index contributed by atoms with van der Waals surface area (Å²) in [6.45, 7) is 10.8. The van der Waals surface area contributed by atoms with E-state index in [-0.39, 0.29) is 6.03 Å². The van der Waals surface area contributed by atoms with Crippen molar-refractivity contribution in [2.45, 2.75) is 33.7 Å². The van der Waals surface area contributed by atoms with Crippen LogP contribution in [0.2, 0.25) is 5.02 Å². The van der Waals surface area contributed by atoms with Gasteiger partial charge in [-0.3, -0.25) is 4.90 Å². The first-order chi connectivity index (χ1) is 9.49. The number of carbonyl (C=O) groups excluding carboxylic acids is 1. The Kier molecular flexibility index (Phi) is 6.82. The van der Waals surface area contributed by atoms with Crippen LogP contribution in [0.1, 0.15) is 26.3 Å². The van der Waals surface area contributed by atoms with Gasteiger partial charge in [0, 0.05) is 23.3 Å². The molecule has 4 nitrogen and oxygen atoms in total. The Morgan fingerprint density at radius 1 is 1.35 bits per heavy atom. The van der Waals surface area contributed by atoms with Crippen LogP contribution in [0.25, 0.3) is 0 Å². The van der Waals surface area contributed by atoms with Crippen molar-refractivity contribution in [3.63, 3.8) is 0 Å². The fourth-order valence-corrected chi connectivity index (χ4v) is 2.30. The standard InChI is InChI=1S/C15H24ClN3O/c1-5-19(6-2)11(3)10-17-15(20)18-14-9-7-8-13(16)12(14)4/h7-9,11H,5-6,10H2,1-4H3,(H2,17,18,20)/t11-/m0/s1. The highest BCUT2D eigenvalue weighted by Crippen LogP contribution is 2.22. The number of hydrogen-bond donors (Lipinski definition) is 2. The molecule has 0 fully saturated rings. The van der Waals surface area contributed by atoms with Crippen LogP contribution in [0.5, 0.6) is 0 Å². The van der Waals surface area contributed by atoms with E-state index in [1.807, 2.05) is 25.1 Å². The lowest BCUT2D eigenvalue weighted by Gasteiger charge is -2.26. The lowest BCUT2D eigenvalue weighted by Crippen LogP contribution is -2.43. The molecule has 0 spiro atoms. The van der Waals surface area contributed by atoms with Crippen molar-refractivity contribution >= 4 is 23.3 Å². The van der Waals surface area contributed by atoms with Gasteiger partial charge in [-0.05, 0) is 44.6 Å². The van der Waals surface area contributed by atoms with Crippen molar-refractivity contribution in [3.8, 4) is 0 Å². The van der Waals surface area contributed by atoms with Gasteiger partial charge in [-0.15, -0.1) is 0 Å². The average molecular weight is 298 g/mol. The van der Waals surface area contributed by atoms with Gasteiger partial charge < -0.3 is 10.6 Å². The number of nitrogens with one attached hydrogen (secondary N) is 2. The number of likely N-dealkylation sites (N-methyl/N-ethyl adjacent to an activating group) is 1. The Morgan fingerprint density at radius 2 is 2.00 bits per heavy atom. The molecule has 1 atom stereocenters. The van der Waals surface area contributed by atoms with E-state index in [1.165, 1.54) is 0 Å². The predicted octanol–water partition coefficient (Wildman–Crippen LogP) is 3.50. The van der Waals surface area contributed by atoms with Gasteiger partial charge in [-0.1, -0.05) is 31.5 Å². The zero-order valence-corrected chi connectivity index (χ0v) is 13.4. The molecular formula is C15H24ClN3O. The molecule has 0 aliphatic carbocycles. The van der Waals surface area contributed by atoms with Gasteiger partial charge in [0.1, 0.15) is 0 Å². The molecule has 5 heteroatoms. The van der Waals surface area contributed by atoms with Crippen LogP contribution in [-0.4, -0.2) is 36.6 Å². The molecule has 0 aromatic heterocycles. The zero-order chi connectivity index (χ0) is 15.1. The maximum Gasteiger partial charge on any atom is 0.319 e. The summed E-state index contributed by atoms with van der Waals surface area (Å²) in [5, 5.41) is 6.37. The van der Waals surface area contributed by atoms with Gasteiger partial charge in [0.25, 0.3) is 0 Å². The lowest BCUT2D eigenvalue weighted by molar-refractivity contribution is 0.220. The molecule has 1 aromatic carbocycles. The third-order valence-corrected chi connectivity index (χ3v) is 3.92. The predicted molar refractivity (Wildman–Crippen MR) is 85.6 cm³/mol. The highest BCUT2D eigenvalue weighted by molar-refractivity contribution is 6.31. The Morgan fingerprint density at radius 3 is 2.60 bits per heavy atom. The van der Waals surface area contributed by atoms with Gasteiger partial charge in [-0.2, -0.15) is 0 Å². The minimum atomic E-state index is -0.200. The molecule has 0 bridgehead atoms. The van der Waals surface area contributed by atoms with Crippen LogP contribution in [0.3, 0.4) is 0 Å². The molecule has 2 N–H and O–H groups in total. The summed E-state index contributed by atoms with van der Waals surface area (Å²) >= 11 is 6.03. The van der Waals surface area contributed by atoms with E-state index in [0.29, 0.717) is 17.6 Å². The smallest absolute Gasteiger partial charge is 0.319 e. The molecule has 0 heterocycles. The Labute approximate surface area is 126 Å². The first kappa shape index (κ1) is 16.8. The minimum Gasteiger partial charge on any atom is -0.336 e. The van der Waals surface area contributed by atoms with E-state index in [2.05, 4.69) is 36.3 Å². The summed E-state index contributed by atoms with van der Waals surface area (Å²) in [7, 11) is 0. The summed E-state index contributed by atoms with van der Waals surface area (Å²) in [4.78, 5) is 14.2. The number of carbonyl (C=O) groups is 1. The number of halogens is 1. The van der Waals surface area contributed by atoms with E-state index in [1.54, 1.807) is 0 Å². The van der Waals surface area contributed by atoms with E-state index in [9.17, 15) is 4.79 Å². The molecule has 1 aromatic rings. The van der Waals surface area contributed by atoms with Crippen LogP contribution >= 0.6 is 11.6 Å². The monoisotopic (exact) mass is 297 g/mol. The minimum absolute atomic E-state index is 0.200. The number of anilines is 1. The van der Waals surface area contributed by atoms with Gasteiger partial charge >= 0.3 is 6.03 Å². The van der Waals surface area contributed by atoms with Crippen LogP contribution < -0.4 is 10.6 Å². The number of hydrogen-bond acceptors (Lipinski definition) is 2. The molecular weight excluding hydrogens is 274 g/mol. The SMILES string of the molecule is CCN(CC)[C@@H](C)CNC(=O)Nc1cccc(Cl)c1C. The summed E-state index contributed by atoms with van der Waals surface area (Å²) in [5.41, 5.74) is 1.62. The number of amides is 2. The summed E-state index contributed by atoms with van der Waals surface area (Å²) in [5.74, 6) is 0. The van der Waals surface area contributed by atoms with Crippen molar-refractivity contribution in [2.24, 2.45) is 0 Å². The average Bonchev–Trinajstić information content (AvgIpc) is 2.43. The summed E-state index contributed by atoms with van der Waals surface area (Å²) < 4.78 is 0. The third-order valence-electron chi connectivity index (χ3n) is 3.51. The van der Waals surface area contributed by atoms with Crippen LogP contribution in [0.15, 0.2) is 18.2 Å². The van der Waals surface area contributed by atoms with E-state index in [0.717, 1.165) is 24.3 Å². The molecule has 0 unspecified atom stereocenters. The van der Waals surface area contributed by atoms with Crippen LogP contribution in [0.4, 0.5) is 10.5 Å². The Balaban J connectivity index is 2.50. The number of urea groups is 1. The fourth-order valence-electron chi connectivity index (χ4n) is 2.13. The van der Waals surface area contributed by atoms with Gasteiger partial charge in [0.2, 0.25) is 0 Å². The van der Waals surface area contributed by atoms with E-state index < -0.39 is 0 Å². The highest BCUT2D eigenvalue weighted by atomic mass is 35.5. The normalized spacial score (nSPS) is 12.3. The van der Waals surface area contributed by atoms with E-state index >= 15 is 0 Å². The highest BCUT2D eigenvalue weighted by Gasteiger charge is 2.12. The van der Waals surface area contributed by atoms with Crippen molar-refractivity contribution < 1.29 is 4.79 Å². The number of nitrogens with zero attached hydrogens (tertiary/aromatic N) is 1. The van der Waals surface area contributed by atoms with Gasteiger partial charge in [0.05, 0.1) is 0 Å². The quantitative estimate of drug-likeness (QED) is 0.844. The maximum absolute atomic E-state index is 11.9. The molecule has 20 heavy (non-hydrogen) atoms. The summed E-state index contributed by atoms with van der Waals surface area (Å²) in [6, 6.07) is 5.59. The molecule has 2 amide bonds. The van der Waals surface area contributed by atoms with E-state index in [4.69, 9.17) is 11.6 Å². The molecule has 0 radical (unpaired) electrons. The Hall–Kier alpha value is -1.26. The molecule has 112 valence electrons. The molecule has 0 saturated heterocycles. The third kappa shape index (κ3) is 4.69. The number of benzene rings is 1. The second-order valence-corrected chi connectivity index (χ2v) is 5.22. The topological polar surface area (TPSA) is 44.4 Å². The van der Waals surface area contributed by atoms with Gasteiger partial charge in [-0.25, -0.2) is 4.79 Å². The van der Waals surface area contributed by atoms with Crippen LogP contribution in [-0.2, 0) is 0 Å². The van der Waals surface area contributed by atoms with Crippen molar-refractivity contribution in [1.29, 1.82) is 0 Å². The van der Waals surface area contributed by atoms with Crippen LogP contribution in [0, 0.1) is 6.92 Å².